The van der Waals surface area contributed by atoms with E-state index < -0.39 is 6.10 Å². The second kappa shape index (κ2) is 6.37. The van der Waals surface area contributed by atoms with Crippen molar-refractivity contribution in [1.29, 1.82) is 0 Å². The molecule has 0 aliphatic carbocycles. The van der Waals surface area contributed by atoms with Gasteiger partial charge in [0.05, 0.1) is 23.7 Å². The third kappa shape index (κ3) is 3.49. The molecule has 0 radical (unpaired) electrons. The van der Waals surface area contributed by atoms with Crippen molar-refractivity contribution in [3.63, 3.8) is 0 Å². The number of nitrogens with zero attached hydrogens (tertiary/aromatic N) is 3. The van der Waals surface area contributed by atoms with Gasteiger partial charge in [-0.15, -0.1) is 5.10 Å². The van der Waals surface area contributed by atoms with Gasteiger partial charge in [-0.25, -0.2) is 4.68 Å². The van der Waals surface area contributed by atoms with Crippen LogP contribution < -0.4 is 0 Å². The number of hydrogen-bond acceptors (Lipinski definition) is 4. The SMILES string of the molecule is CCOC(C(O)c1cnnn1-c1ccccc1)C(C)(C)C. The Morgan fingerprint density at radius 3 is 2.48 bits per heavy atom. The van der Waals surface area contributed by atoms with E-state index >= 15 is 0 Å². The first-order valence-corrected chi connectivity index (χ1v) is 7.21. The Labute approximate surface area is 125 Å². The highest BCUT2D eigenvalue weighted by atomic mass is 16.5. The minimum absolute atomic E-state index is 0.193. The third-order valence-electron chi connectivity index (χ3n) is 3.37. The molecule has 2 aromatic rings. The lowest BCUT2D eigenvalue weighted by Gasteiger charge is -2.34. The maximum Gasteiger partial charge on any atom is 0.124 e. The average molecular weight is 289 g/mol. The quantitative estimate of drug-likeness (QED) is 0.919. The summed E-state index contributed by atoms with van der Waals surface area (Å²) in [4.78, 5) is 0. The van der Waals surface area contributed by atoms with Gasteiger partial charge in [0.1, 0.15) is 6.10 Å². The van der Waals surface area contributed by atoms with Gasteiger partial charge in [0, 0.05) is 6.61 Å². The lowest BCUT2D eigenvalue weighted by Crippen LogP contribution is -2.36. The minimum atomic E-state index is -0.792. The van der Waals surface area contributed by atoms with Crippen molar-refractivity contribution in [1.82, 2.24) is 15.0 Å². The number of aliphatic hydroxyl groups excluding tert-OH is 1. The van der Waals surface area contributed by atoms with Crippen LogP contribution >= 0.6 is 0 Å². The molecule has 2 atom stereocenters. The Bertz CT molecular complexity index is 560. The van der Waals surface area contributed by atoms with Crippen molar-refractivity contribution in [3.8, 4) is 5.69 Å². The van der Waals surface area contributed by atoms with Crippen LogP contribution in [0.4, 0.5) is 0 Å². The molecule has 2 rings (SSSR count). The van der Waals surface area contributed by atoms with E-state index in [0.717, 1.165) is 5.69 Å². The first kappa shape index (κ1) is 15.7. The summed E-state index contributed by atoms with van der Waals surface area (Å²) in [6, 6.07) is 9.65. The van der Waals surface area contributed by atoms with E-state index in [0.29, 0.717) is 12.3 Å². The number of aliphatic hydroxyl groups is 1. The van der Waals surface area contributed by atoms with Crippen molar-refractivity contribution < 1.29 is 9.84 Å². The predicted molar refractivity (Wildman–Crippen MR) is 81.2 cm³/mol. The van der Waals surface area contributed by atoms with Gasteiger partial charge < -0.3 is 9.84 Å². The van der Waals surface area contributed by atoms with E-state index in [9.17, 15) is 5.11 Å². The van der Waals surface area contributed by atoms with Crippen LogP contribution in [0.5, 0.6) is 0 Å². The Morgan fingerprint density at radius 1 is 1.24 bits per heavy atom. The molecule has 1 heterocycles. The number of benzene rings is 1. The first-order valence-electron chi connectivity index (χ1n) is 7.21. The van der Waals surface area contributed by atoms with E-state index in [1.165, 1.54) is 0 Å². The van der Waals surface area contributed by atoms with Crippen molar-refractivity contribution in [2.75, 3.05) is 6.61 Å². The van der Waals surface area contributed by atoms with Gasteiger partial charge in [0.25, 0.3) is 0 Å². The molecule has 0 spiro atoms. The largest absolute Gasteiger partial charge is 0.384 e. The summed E-state index contributed by atoms with van der Waals surface area (Å²) in [7, 11) is 0. The highest BCUT2D eigenvalue weighted by Crippen LogP contribution is 2.33. The molecular formula is C16H23N3O2. The molecule has 0 aliphatic rings. The summed E-state index contributed by atoms with van der Waals surface area (Å²) in [6.07, 6.45) is 0.471. The van der Waals surface area contributed by atoms with E-state index in [2.05, 4.69) is 10.3 Å². The maximum absolute atomic E-state index is 10.8. The number of hydrogen-bond donors (Lipinski definition) is 1. The second-order valence-electron chi connectivity index (χ2n) is 6.09. The smallest absolute Gasteiger partial charge is 0.124 e. The molecule has 21 heavy (non-hydrogen) atoms. The van der Waals surface area contributed by atoms with Gasteiger partial charge in [-0.05, 0) is 24.5 Å². The molecule has 114 valence electrons. The molecule has 5 nitrogen and oxygen atoms in total. The Morgan fingerprint density at radius 2 is 1.90 bits per heavy atom. The third-order valence-corrected chi connectivity index (χ3v) is 3.37. The summed E-state index contributed by atoms with van der Waals surface area (Å²) in [5, 5.41) is 18.8. The molecule has 0 saturated carbocycles. The van der Waals surface area contributed by atoms with Gasteiger partial charge in [-0.3, -0.25) is 0 Å². The maximum atomic E-state index is 10.8. The highest BCUT2D eigenvalue weighted by Gasteiger charge is 2.35. The molecular weight excluding hydrogens is 266 g/mol. The van der Waals surface area contributed by atoms with Crippen LogP contribution in [0.15, 0.2) is 36.5 Å². The van der Waals surface area contributed by atoms with Crippen LogP contribution in [0.3, 0.4) is 0 Å². The Hall–Kier alpha value is -1.72. The van der Waals surface area contributed by atoms with Crippen molar-refractivity contribution in [2.45, 2.75) is 39.9 Å². The van der Waals surface area contributed by atoms with E-state index in [4.69, 9.17) is 4.74 Å². The molecule has 1 N–H and O–H groups in total. The Balaban J connectivity index is 2.36. The number of rotatable bonds is 5. The first-order chi connectivity index (χ1) is 9.95. The normalized spacial score (nSPS) is 14.9. The van der Waals surface area contributed by atoms with Gasteiger partial charge in [0.15, 0.2) is 0 Å². The summed E-state index contributed by atoms with van der Waals surface area (Å²) in [6.45, 7) is 8.62. The van der Waals surface area contributed by atoms with Crippen LogP contribution in [-0.2, 0) is 4.74 Å². The molecule has 0 fully saturated rings. The minimum Gasteiger partial charge on any atom is -0.384 e. The van der Waals surface area contributed by atoms with Crippen LogP contribution in [-0.4, -0.2) is 32.8 Å². The van der Waals surface area contributed by atoms with Crippen LogP contribution in [0, 0.1) is 5.41 Å². The molecule has 0 aliphatic heterocycles. The van der Waals surface area contributed by atoms with Crippen molar-refractivity contribution >= 4 is 0 Å². The standard InChI is InChI=1S/C16H23N3O2/c1-5-21-15(16(2,3)4)14(20)13-11-17-18-19(13)12-9-7-6-8-10-12/h6-11,14-15,20H,5H2,1-4H3. The average Bonchev–Trinajstić information content (AvgIpc) is 2.93. The van der Waals surface area contributed by atoms with Crippen molar-refractivity contribution in [3.05, 3.63) is 42.2 Å². The summed E-state index contributed by atoms with van der Waals surface area (Å²) in [5.41, 5.74) is 1.31. The second-order valence-corrected chi connectivity index (χ2v) is 6.09. The van der Waals surface area contributed by atoms with Crippen LogP contribution in [0.1, 0.15) is 39.5 Å². The zero-order valence-corrected chi connectivity index (χ0v) is 13.0. The van der Waals surface area contributed by atoms with E-state index in [1.54, 1.807) is 10.9 Å². The van der Waals surface area contributed by atoms with Crippen LogP contribution in [0.25, 0.3) is 5.69 Å². The topological polar surface area (TPSA) is 60.2 Å². The summed E-state index contributed by atoms with van der Waals surface area (Å²) < 4.78 is 7.42. The lowest BCUT2D eigenvalue weighted by molar-refractivity contribution is -0.0919. The fraction of sp³-hybridized carbons (Fsp3) is 0.500. The number of ether oxygens (including phenoxy) is 1. The molecule has 2 unspecified atom stereocenters. The number of aromatic nitrogens is 3. The zero-order chi connectivity index (χ0) is 15.5. The van der Waals surface area contributed by atoms with E-state index in [1.807, 2.05) is 58.0 Å². The van der Waals surface area contributed by atoms with Crippen LogP contribution in [0.2, 0.25) is 0 Å². The lowest BCUT2D eigenvalue weighted by atomic mass is 9.84. The van der Waals surface area contributed by atoms with Gasteiger partial charge in [-0.2, -0.15) is 0 Å². The molecule has 5 heteroatoms. The number of para-hydroxylation sites is 1. The van der Waals surface area contributed by atoms with Gasteiger partial charge >= 0.3 is 0 Å². The molecule has 0 amide bonds. The molecule has 1 aromatic heterocycles. The van der Waals surface area contributed by atoms with E-state index in [-0.39, 0.29) is 11.5 Å². The fourth-order valence-corrected chi connectivity index (χ4v) is 2.36. The molecule has 0 saturated heterocycles. The zero-order valence-electron chi connectivity index (χ0n) is 13.0. The highest BCUT2D eigenvalue weighted by molar-refractivity contribution is 5.32. The Kier molecular flexibility index (Phi) is 4.75. The summed E-state index contributed by atoms with van der Waals surface area (Å²) in [5.74, 6) is 0. The van der Waals surface area contributed by atoms with Gasteiger partial charge in [0.2, 0.25) is 0 Å². The molecule has 1 aromatic carbocycles. The van der Waals surface area contributed by atoms with Gasteiger partial charge in [-0.1, -0.05) is 44.2 Å². The van der Waals surface area contributed by atoms with Crippen molar-refractivity contribution in [2.24, 2.45) is 5.41 Å². The summed E-state index contributed by atoms with van der Waals surface area (Å²) >= 11 is 0. The molecule has 0 bridgehead atoms. The fourth-order valence-electron chi connectivity index (χ4n) is 2.36. The predicted octanol–water partition coefficient (Wildman–Crippen LogP) is 2.75. The monoisotopic (exact) mass is 289 g/mol.